The van der Waals surface area contributed by atoms with Gasteiger partial charge in [0.2, 0.25) is 0 Å². The number of benzene rings is 2. The Balaban J connectivity index is 0.00000147. The number of H-pyrrole nitrogens is 1. The third-order valence-electron chi connectivity index (χ3n) is 2.72. The molecule has 3 N–H and O–H groups in total. The van der Waals surface area contributed by atoms with Crippen molar-refractivity contribution < 1.29 is 22.0 Å². The van der Waals surface area contributed by atoms with Crippen LogP contribution >= 0.6 is 11.3 Å². The minimum Gasteiger partial charge on any atom is -1.00 e. The first-order valence-electron chi connectivity index (χ1n) is 6.05. The van der Waals surface area contributed by atoms with Crippen LogP contribution in [-0.4, -0.2) is 0 Å². The highest BCUT2D eigenvalue weighted by atomic mass is 79.9. The lowest BCUT2D eigenvalue weighted by molar-refractivity contribution is -0.341. The van der Waals surface area contributed by atoms with Crippen LogP contribution in [-0.2, 0) is 0 Å². The Morgan fingerprint density at radius 1 is 0.800 bits per heavy atom. The molecule has 0 saturated heterocycles. The second-order valence-corrected chi connectivity index (χ2v) is 4.97. The fourth-order valence-corrected chi connectivity index (χ4v) is 2.48. The molecule has 5 heteroatoms. The zero-order chi connectivity index (χ0) is 12.9. The van der Waals surface area contributed by atoms with Gasteiger partial charge in [-0.3, -0.25) is 0 Å². The Morgan fingerprint density at radius 2 is 1.45 bits per heavy atom. The summed E-state index contributed by atoms with van der Waals surface area (Å²) in [4.78, 5) is 3.34. The summed E-state index contributed by atoms with van der Waals surface area (Å²) in [6.07, 6.45) is 0. The summed E-state index contributed by atoms with van der Waals surface area (Å²) in [5, 5.41) is 3.08. The highest BCUT2D eigenvalue weighted by Crippen LogP contribution is 2.20. The standard InChI is InChI=1S/C15H13N3S.BrH/c1-3-7-12(8-4-1)14-11-19-15(16-14)18-17-13-9-5-2-6-10-13;/h1-11,17H,(H,16,18);1H. The minimum atomic E-state index is 0. The Hall–Kier alpha value is -1.85. The third-order valence-corrected chi connectivity index (χ3v) is 3.52. The van der Waals surface area contributed by atoms with Crippen LogP contribution in [0.2, 0.25) is 0 Å². The van der Waals surface area contributed by atoms with Crippen molar-refractivity contribution in [3.63, 3.8) is 0 Å². The fraction of sp³-hybridized carbons (Fsp3) is 0. The average molecular weight is 348 g/mol. The maximum atomic E-state index is 3.34. The molecule has 0 fully saturated rings. The number of thiazole rings is 1. The molecule has 3 rings (SSSR count). The number of aromatic nitrogens is 1. The van der Waals surface area contributed by atoms with Crippen molar-refractivity contribution in [1.82, 2.24) is 0 Å². The number of rotatable bonds is 4. The van der Waals surface area contributed by atoms with Gasteiger partial charge in [0.25, 0.3) is 0 Å². The number of hydrogen-bond donors (Lipinski definition) is 2. The van der Waals surface area contributed by atoms with Crippen LogP contribution in [0, 0.1) is 0 Å². The van der Waals surface area contributed by atoms with Crippen molar-refractivity contribution >= 4 is 22.2 Å². The summed E-state index contributed by atoms with van der Waals surface area (Å²) in [5.74, 6) is 0. The van der Waals surface area contributed by atoms with Crippen LogP contribution in [0.1, 0.15) is 0 Å². The molecule has 0 aliphatic heterocycles. The molecule has 20 heavy (non-hydrogen) atoms. The molecular weight excluding hydrogens is 334 g/mol. The highest BCUT2D eigenvalue weighted by molar-refractivity contribution is 7.13. The number of hydrogen-bond acceptors (Lipinski definition) is 3. The van der Waals surface area contributed by atoms with Crippen molar-refractivity contribution in [2.75, 3.05) is 10.9 Å². The average Bonchev–Trinajstić information content (AvgIpc) is 2.96. The molecule has 0 unspecified atom stereocenters. The Morgan fingerprint density at radius 3 is 2.15 bits per heavy atom. The Labute approximate surface area is 132 Å². The van der Waals surface area contributed by atoms with E-state index in [9.17, 15) is 0 Å². The van der Waals surface area contributed by atoms with Crippen molar-refractivity contribution in [2.24, 2.45) is 0 Å². The number of halogens is 1. The van der Waals surface area contributed by atoms with Crippen LogP contribution in [0.3, 0.4) is 0 Å². The largest absolute Gasteiger partial charge is 1.00 e. The van der Waals surface area contributed by atoms with Crippen molar-refractivity contribution in [2.45, 2.75) is 0 Å². The minimum absolute atomic E-state index is 0. The fourth-order valence-electron chi connectivity index (χ4n) is 1.77. The van der Waals surface area contributed by atoms with E-state index in [1.54, 1.807) is 11.3 Å². The number of anilines is 2. The van der Waals surface area contributed by atoms with Crippen LogP contribution < -0.4 is 32.8 Å². The van der Waals surface area contributed by atoms with E-state index in [2.05, 4.69) is 33.3 Å². The van der Waals surface area contributed by atoms with Crippen molar-refractivity contribution in [1.29, 1.82) is 0 Å². The first-order valence-corrected chi connectivity index (χ1v) is 6.93. The molecule has 2 aromatic carbocycles. The predicted octanol–water partition coefficient (Wildman–Crippen LogP) is 0.672. The topological polar surface area (TPSA) is 38.2 Å². The normalized spacial score (nSPS) is 9.60. The molecule has 0 atom stereocenters. The van der Waals surface area contributed by atoms with E-state index in [1.807, 2.05) is 48.5 Å². The molecule has 0 bridgehead atoms. The molecule has 0 spiro atoms. The van der Waals surface area contributed by atoms with Gasteiger partial charge < -0.3 is 17.0 Å². The van der Waals surface area contributed by atoms with E-state index < -0.39 is 0 Å². The molecule has 0 aliphatic carbocycles. The van der Waals surface area contributed by atoms with Crippen LogP contribution in [0.4, 0.5) is 10.8 Å². The van der Waals surface area contributed by atoms with Crippen LogP contribution in [0.5, 0.6) is 0 Å². The van der Waals surface area contributed by atoms with Gasteiger partial charge in [-0.25, -0.2) is 10.4 Å². The van der Waals surface area contributed by atoms with Crippen molar-refractivity contribution in [3.05, 3.63) is 66.0 Å². The smallest absolute Gasteiger partial charge is 0.355 e. The second kappa shape index (κ2) is 7.07. The maximum absolute atomic E-state index is 3.34. The predicted molar refractivity (Wildman–Crippen MR) is 80.0 cm³/mol. The van der Waals surface area contributed by atoms with Gasteiger partial charge in [0.15, 0.2) is 0 Å². The van der Waals surface area contributed by atoms with Gasteiger partial charge in [-0.1, -0.05) is 59.9 Å². The van der Waals surface area contributed by atoms with E-state index >= 15 is 0 Å². The van der Waals surface area contributed by atoms with Crippen LogP contribution in [0.25, 0.3) is 11.3 Å². The number of para-hydroxylation sites is 1. The summed E-state index contributed by atoms with van der Waals surface area (Å²) in [7, 11) is 0. The van der Waals surface area contributed by atoms with Crippen molar-refractivity contribution in [3.8, 4) is 11.3 Å². The Bertz CT molecular complexity index is 640. The zero-order valence-corrected chi connectivity index (χ0v) is 13.0. The number of nitrogens with one attached hydrogen (secondary N) is 3. The van der Waals surface area contributed by atoms with Crippen LogP contribution in [0.15, 0.2) is 66.0 Å². The van der Waals surface area contributed by atoms with Gasteiger partial charge in [-0.05, 0) is 12.1 Å². The SMILES string of the molecule is [Br-].c1ccc(NNc2[nH+]c(-c3ccccc3)cs2)cc1. The number of aromatic amines is 1. The van der Waals surface area contributed by atoms with E-state index in [-0.39, 0.29) is 17.0 Å². The highest BCUT2D eigenvalue weighted by Gasteiger charge is 2.08. The summed E-state index contributed by atoms with van der Waals surface area (Å²) in [5.41, 5.74) is 9.65. The zero-order valence-electron chi connectivity index (χ0n) is 10.6. The first-order chi connectivity index (χ1) is 9.42. The lowest BCUT2D eigenvalue weighted by Gasteiger charge is -1.99. The third kappa shape index (κ3) is 3.59. The molecule has 1 aromatic heterocycles. The molecular formula is C15H14BrN3S. The lowest BCUT2D eigenvalue weighted by Crippen LogP contribution is -3.00. The van der Waals surface area contributed by atoms with E-state index in [4.69, 9.17) is 0 Å². The van der Waals surface area contributed by atoms with Gasteiger partial charge in [-0.15, -0.1) is 0 Å². The molecule has 1 heterocycles. The van der Waals surface area contributed by atoms with Gasteiger partial charge in [0, 0.05) is 10.9 Å². The summed E-state index contributed by atoms with van der Waals surface area (Å²) >= 11 is 1.63. The van der Waals surface area contributed by atoms with Gasteiger partial charge >= 0.3 is 5.13 Å². The van der Waals surface area contributed by atoms with E-state index in [0.29, 0.717) is 0 Å². The monoisotopic (exact) mass is 347 g/mol. The number of hydrazine groups is 1. The summed E-state index contributed by atoms with van der Waals surface area (Å²) < 4.78 is 0. The maximum Gasteiger partial charge on any atom is 0.355 e. The molecule has 3 aromatic rings. The van der Waals surface area contributed by atoms with E-state index in [1.165, 1.54) is 5.56 Å². The Kier molecular flexibility index (Phi) is 5.15. The summed E-state index contributed by atoms with van der Waals surface area (Å²) in [6.45, 7) is 0. The molecule has 0 aliphatic rings. The second-order valence-electron chi connectivity index (χ2n) is 4.09. The van der Waals surface area contributed by atoms with Gasteiger partial charge in [-0.2, -0.15) is 5.43 Å². The van der Waals surface area contributed by atoms with Gasteiger partial charge in [0.1, 0.15) is 5.69 Å². The molecule has 3 nitrogen and oxygen atoms in total. The first kappa shape index (κ1) is 14.6. The molecule has 102 valence electrons. The quantitative estimate of drug-likeness (QED) is 0.681. The molecule has 0 amide bonds. The molecule has 0 saturated carbocycles. The lowest BCUT2D eigenvalue weighted by atomic mass is 10.2. The summed E-state index contributed by atoms with van der Waals surface area (Å²) in [6, 6.07) is 20.3. The van der Waals surface area contributed by atoms with E-state index in [0.717, 1.165) is 16.5 Å². The van der Waals surface area contributed by atoms with Gasteiger partial charge in [0.05, 0.1) is 5.69 Å². The molecule has 0 radical (unpaired) electrons.